The summed E-state index contributed by atoms with van der Waals surface area (Å²) in [6, 6.07) is 14.4. The highest BCUT2D eigenvalue weighted by Crippen LogP contribution is 2.24. The van der Waals surface area contributed by atoms with Crippen LogP contribution in [0.2, 0.25) is 0 Å². The van der Waals surface area contributed by atoms with Crippen LogP contribution in [0.5, 0.6) is 0 Å². The van der Waals surface area contributed by atoms with E-state index in [1.807, 2.05) is 18.2 Å². The van der Waals surface area contributed by atoms with Gasteiger partial charge in [0.15, 0.2) is 9.84 Å². The van der Waals surface area contributed by atoms with Gasteiger partial charge in [-0.15, -0.1) is 0 Å². The first-order chi connectivity index (χ1) is 12.5. The number of sulfone groups is 1. The van der Waals surface area contributed by atoms with Crippen LogP contribution >= 0.6 is 0 Å². The highest BCUT2D eigenvalue weighted by atomic mass is 32.2. The Kier molecular flexibility index (Phi) is 5.61. The van der Waals surface area contributed by atoms with Crippen LogP contribution in [0.1, 0.15) is 35.7 Å². The molecule has 1 N–H and O–H groups in total. The van der Waals surface area contributed by atoms with Crippen LogP contribution in [0.15, 0.2) is 53.4 Å². The molecule has 138 valence electrons. The van der Waals surface area contributed by atoms with Gasteiger partial charge in [0, 0.05) is 25.3 Å². The van der Waals surface area contributed by atoms with Crippen LogP contribution in [0.3, 0.4) is 0 Å². The van der Waals surface area contributed by atoms with E-state index in [2.05, 4.69) is 16.3 Å². The molecule has 0 radical (unpaired) electrons. The molecule has 2 aromatic carbocycles. The van der Waals surface area contributed by atoms with Gasteiger partial charge in [0.05, 0.1) is 16.2 Å². The number of carbonyl (C=O) groups excluding carboxylic acids is 1. The average molecular weight is 372 g/mol. The van der Waals surface area contributed by atoms with Gasteiger partial charge < -0.3 is 10.2 Å². The highest BCUT2D eigenvalue weighted by Gasteiger charge is 2.21. The largest absolute Gasteiger partial charge is 0.371 e. The third kappa shape index (κ3) is 3.90. The number of hydrogen-bond acceptors (Lipinski definition) is 4. The van der Waals surface area contributed by atoms with E-state index in [1.165, 1.54) is 18.9 Å². The Morgan fingerprint density at radius 2 is 1.69 bits per heavy atom. The second kappa shape index (κ2) is 7.91. The zero-order chi connectivity index (χ0) is 18.6. The van der Waals surface area contributed by atoms with Crippen LogP contribution in [-0.2, 0) is 16.4 Å². The predicted octanol–water partition coefficient (Wildman–Crippen LogP) is 3.01. The smallest absolute Gasteiger partial charge is 0.252 e. The Morgan fingerprint density at radius 3 is 2.42 bits per heavy atom. The number of para-hydroxylation sites is 1. The fourth-order valence-electron chi connectivity index (χ4n) is 3.28. The van der Waals surface area contributed by atoms with Gasteiger partial charge in [0.2, 0.25) is 0 Å². The lowest BCUT2D eigenvalue weighted by atomic mass is 10.1. The maximum absolute atomic E-state index is 12.6. The van der Waals surface area contributed by atoms with Crippen molar-refractivity contribution in [2.24, 2.45) is 0 Å². The van der Waals surface area contributed by atoms with Gasteiger partial charge in [-0.3, -0.25) is 4.79 Å². The first kappa shape index (κ1) is 18.5. The molecule has 0 spiro atoms. The van der Waals surface area contributed by atoms with Gasteiger partial charge in [0.1, 0.15) is 0 Å². The van der Waals surface area contributed by atoms with Gasteiger partial charge in [-0.05, 0) is 36.6 Å². The Morgan fingerprint density at radius 1 is 1.04 bits per heavy atom. The molecule has 26 heavy (non-hydrogen) atoms. The zero-order valence-corrected chi connectivity index (χ0v) is 15.8. The number of carbonyl (C=O) groups is 1. The molecule has 0 aliphatic carbocycles. The van der Waals surface area contributed by atoms with Gasteiger partial charge in [-0.1, -0.05) is 37.3 Å². The second-order valence-corrected chi connectivity index (χ2v) is 8.65. The summed E-state index contributed by atoms with van der Waals surface area (Å²) in [4.78, 5) is 15.1. The summed E-state index contributed by atoms with van der Waals surface area (Å²) >= 11 is 0. The van der Waals surface area contributed by atoms with Crippen molar-refractivity contribution in [2.75, 3.05) is 23.7 Å². The minimum Gasteiger partial charge on any atom is -0.371 e. The Balaban J connectivity index is 1.79. The van der Waals surface area contributed by atoms with Crippen molar-refractivity contribution in [3.8, 4) is 0 Å². The molecule has 2 aromatic rings. The standard InChI is InChI=1S/C20H24N2O3S/c1-2-26(24,25)19-12-6-4-10-17(19)20(23)21-15-16-9-3-5-11-18(16)22-13-7-8-14-22/h3-6,9-12H,2,7-8,13-15H2,1H3,(H,21,23). The molecule has 5 nitrogen and oxygen atoms in total. The normalized spacial score (nSPS) is 14.4. The van der Waals surface area contributed by atoms with E-state index in [9.17, 15) is 13.2 Å². The van der Waals surface area contributed by atoms with Gasteiger partial charge in [0.25, 0.3) is 5.91 Å². The molecule has 0 atom stereocenters. The van der Waals surface area contributed by atoms with Crippen molar-refractivity contribution in [1.82, 2.24) is 5.32 Å². The molecule has 1 aliphatic rings. The van der Waals surface area contributed by atoms with Crippen molar-refractivity contribution in [1.29, 1.82) is 0 Å². The first-order valence-corrected chi connectivity index (χ1v) is 10.6. The van der Waals surface area contributed by atoms with Gasteiger partial charge >= 0.3 is 0 Å². The van der Waals surface area contributed by atoms with Crippen molar-refractivity contribution in [2.45, 2.75) is 31.2 Å². The van der Waals surface area contributed by atoms with Crippen LogP contribution in [0, 0.1) is 0 Å². The van der Waals surface area contributed by atoms with Crippen LogP contribution in [0.25, 0.3) is 0 Å². The fourth-order valence-corrected chi connectivity index (χ4v) is 4.37. The zero-order valence-electron chi connectivity index (χ0n) is 14.9. The van der Waals surface area contributed by atoms with Crippen LogP contribution < -0.4 is 10.2 Å². The fraction of sp³-hybridized carbons (Fsp3) is 0.350. The van der Waals surface area contributed by atoms with E-state index in [0.29, 0.717) is 6.54 Å². The molecule has 1 heterocycles. The van der Waals surface area contributed by atoms with Crippen molar-refractivity contribution >= 4 is 21.4 Å². The Bertz CT molecular complexity index is 887. The maximum Gasteiger partial charge on any atom is 0.252 e. The number of nitrogens with zero attached hydrogens (tertiary/aromatic N) is 1. The van der Waals surface area contributed by atoms with E-state index >= 15 is 0 Å². The molecule has 0 saturated carbocycles. The third-order valence-corrected chi connectivity index (χ3v) is 6.51. The van der Waals surface area contributed by atoms with Gasteiger partial charge in [-0.2, -0.15) is 0 Å². The monoisotopic (exact) mass is 372 g/mol. The van der Waals surface area contributed by atoms with E-state index in [1.54, 1.807) is 25.1 Å². The molecule has 0 aromatic heterocycles. The Labute approximate surface area is 154 Å². The molecular weight excluding hydrogens is 348 g/mol. The van der Waals surface area contributed by atoms with E-state index < -0.39 is 9.84 Å². The third-order valence-electron chi connectivity index (χ3n) is 4.72. The number of benzene rings is 2. The molecule has 3 rings (SSSR count). The lowest BCUT2D eigenvalue weighted by Crippen LogP contribution is -2.27. The number of hydrogen-bond donors (Lipinski definition) is 1. The summed E-state index contributed by atoms with van der Waals surface area (Å²) < 4.78 is 24.5. The summed E-state index contributed by atoms with van der Waals surface area (Å²) in [7, 11) is -3.45. The molecule has 1 amide bonds. The minimum absolute atomic E-state index is 0.0327. The van der Waals surface area contributed by atoms with E-state index in [-0.39, 0.29) is 22.1 Å². The van der Waals surface area contributed by atoms with Crippen molar-refractivity contribution in [3.63, 3.8) is 0 Å². The Hall–Kier alpha value is -2.34. The SMILES string of the molecule is CCS(=O)(=O)c1ccccc1C(=O)NCc1ccccc1N1CCCC1. The number of nitrogens with one attached hydrogen (secondary N) is 1. The molecule has 1 fully saturated rings. The maximum atomic E-state index is 12.6. The summed E-state index contributed by atoms with van der Waals surface area (Å²) in [5.41, 5.74) is 2.38. The average Bonchev–Trinajstić information content (AvgIpc) is 3.21. The lowest BCUT2D eigenvalue weighted by Gasteiger charge is -2.21. The summed E-state index contributed by atoms with van der Waals surface area (Å²) in [5, 5.41) is 2.89. The van der Waals surface area contributed by atoms with Crippen molar-refractivity contribution < 1.29 is 13.2 Å². The molecular formula is C20H24N2O3S. The van der Waals surface area contributed by atoms with Crippen molar-refractivity contribution in [3.05, 3.63) is 59.7 Å². The summed E-state index contributed by atoms with van der Waals surface area (Å²) in [6.45, 7) is 4.01. The predicted molar refractivity (Wildman–Crippen MR) is 103 cm³/mol. The van der Waals surface area contributed by atoms with E-state index in [4.69, 9.17) is 0 Å². The van der Waals surface area contributed by atoms with Crippen LogP contribution in [-0.4, -0.2) is 33.2 Å². The quantitative estimate of drug-likeness (QED) is 0.846. The second-order valence-electron chi connectivity index (χ2n) is 6.41. The molecule has 0 bridgehead atoms. The first-order valence-electron chi connectivity index (χ1n) is 8.96. The summed E-state index contributed by atoms with van der Waals surface area (Å²) in [6.07, 6.45) is 2.37. The highest BCUT2D eigenvalue weighted by molar-refractivity contribution is 7.91. The van der Waals surface area contributed by atoms with E-state index in [0.717, 1.165) is 24.3 Å². The van der Waals surface area contributed by atoms with Gasteiger partial charge in [-0.25, -0.2) is 8.42 Å². The molecule has 0 unspecified atom stereocenters. The molecule has 1 saturated heterocycles. The number of amides is 1. The molecule has 1 aliphatic heterocycles. The minimum atomic E-state index is -3.45. The lowest BCUT2D eigenvalue weighted by molar-refractivity contribution is 0.0947. The number of anilines is 1. The number of rotatable bonds is 6. The molecule has 6 heteroatoms. The topological polar surface area (TPSA) is 66.5 Å². The summed E-state index contributed by atoms with van der Waals surface area (Å²) in [5.74, 6) is -0.399. The van der Waals surface area contributed by atoms with Crippen LogP contribution in [0.4, 0.5) is 5.69 Å².